The van der Waals surface area contributed by atoms with Crippen molar-refractivity contribution < 1.29 is 14.7 Å². The van der Waals surface area contributed by atoms with Crippen LogP contribution in [0.5, 0.6) is 0 Å². The van der Waals surface area contributed by atoms with E-state index in [0.29, 0.717) is 13.0 Å². The van der Waals surface area contributed by atoms with Crippen molar-refractivity contribution in [2.75, 3.05) is 13.1 Å². The summed E-state index contributed by atoms with van der Waals surface area (Å²) in [5.41, 5.74) is 1.09. The number of likely N-dealkylation sites (tertiary alicyclic amines) is 1. The molecule has 0 aromatic heterocycles. The minimum absolute atomic E-state index is 0.0614. The minimum Gasteiger partial charge on any atom is -0.481 e. The van der Waals surface area contributed by atoms with Gasteiger partial charge >= 0.3 is 5.97 Å². The summed E-state index contributed by atoms with van der Waals surface area (Å²) >= 11 is 0. The van der Waals surface area contributed by atoms with Gasteiger partial charge in [0.2, 0.25) is 5.91 Å². The van der Waals surface area contributed by atoms with Gasteiger partial charge in [-0.15, -0.1) is 0 Å². The lowest BCUT2D eigenvalue weighted by atomic mass is 9.89. The monoisotopic (exact) mass is 368 g/mol. The maximum atomic E-state index is 12.8. The molecule has 2 aromatic rings. The highest BCUT2D eigenvalue weighted by Crippen LogP contribution is 2.26. The van der Waals surface area contributed by atoms with E-state index < -0.39 is 11.9 Å². The predicted octanol–water partition coefficient (Wildman–Crippen LogP) is 3.45. The third kappa shape index (κ3) is 4.30. The summed E-state index contributed by atoms with van der Waals surface area (Å²) in [6.45, 7) is 7.08. The van der Waals surface area contributed by atoms with Crippen LogP contribution >= 0.6 is 0 Å². The summed E-state index contributed by atoms with van der Waals surface area (Å²) in [6, 6.07) is 13.8. The molecule has 4 unspecified atom stereocenters. The first-order chi connectivity index (χ1) is 12.9. The van der Waals surface area contributed by atoms with Crippen molar-refractivity contribution in [2.45, 2.75) is 39.3 Å². The first-order valence-electron chi connectivity index (χ1n) is 9.61. The number of hydrogen-bond acceptors (Lipinski definition) is 3. The van der Waals surface area contributed by atoms with Gasteiger partial charge in [-0.05, 0) is 42.5 Å². The molecular formula is C22H28N2O3. The third-order valence-electron chi connectivity index (χ3n) is 5.61. The highest BCUT2D eigenvalue weighted by molar-refractivity contribution is 5.87. The van der Waals surface area contributed by atoms with E-state index in [1.807, 2.05) is 49.9 Å². The molecule has 0 saturated carbocycles. The molecular weight excluding hydrogens is 340 g/mol. The number of nitrogens with one attached hydrogen (secondary N) is 1. The maximum absolute atomic E-state index is 12.8. The zero-order chi connectivity index (χ0) is 19.6. The molecule has 0 bridgehead atoms. The Kier molecular flexibility index (Phi) is 5.80. The standard InChI is InChI=1S/C22H28N2O3/c1-14-11-18(22(26)27)13-24(12-14)16(3)21(25)23-15(2)19-10-6-8-17-7-4-5-9-20(17)19/h4-10,14-16,18H,11-13H2,1-3H3,(H,23,25)(H,26,27). The molecule has 5 nitrogen and oxygen atoms in total. The Bertz CT molecular complexity index is 830. The first kappa shape index (κ1) is 19.4. The SMILES string of the molecule is CC1CC(C(=O)O)CN(C(C)C(=O)NC(C)c2cccc3ccccc23)C1. The van der Waals surface area contributed by atoms with Crippen LogP contribution < -0.4 is 5.32 Å². The summed E-state index contributed by atoms with van der Waals surface area (Å²) < 4.78 is 0. The van der Waals surface area contributed by atoms with Crippen molar-refractivity contribution in [3.8, 4) is 0 Å². The molecule has 2 N–H and O–H groups in total. The van der Waals surface area contributed by atoms with E-state index in [2.05, 4.69) is 23.5 Å². The summed E-state index contributed by atoms with van der Waals surface area (Å²) in [7, 11) is 0. The van der Waals surface area contributed by atoms with Crippen LogP contribution in [0.2, 0.25) is 0 Å². The van der Waals surface area contributed by atoms with Crippen LogP contribution in [0.4, 0.5) is 0 Å². The lowest BCUT2D eigenvalue weighted by Gasteiger charge is -2.38. The van der Waals surface area contributed by atoms with E-state index in [1.54, 1.807) is 0 Å². The topological polar surface area (TPSA) is 69.6 Å². The van der Waals surface area contributed by atoms with Crippen LogP contribution in [-0.2, 0) is 9.59 Å². The van der Waals surface area contributed by atoms with Crippen molar-refractivity contribution in [2.24, 2.45) is 11.8 Å². The fourth-order valence-electron chi connectivity index (χ4n) is 4.09. The van der Waals surface area contributed by atoms with Crippen molar-refractivity contribution >= 4 is 22.6 Å². The number of aliphatic carboxylic acids is 1. The van der Waals surface area contributed by atoms with Crippen LogP contribution in [0.15, 0.2) is 42.5 Å². The van der Waals surface area contributed by atoms with Gasteiger partial charge < -0.3 is 10.4 Å². The van der Waals surface area contributed by atoms with E-state index in [1.165, 1.54) is 0 Å². The van der Waals surface area contributed by atoms with Gasteiger partial charge in [0.15, 0.2) is 0 Å². The number of benzene rings is 2. The second-order valence-electron chi connectivity index (χ2n) is 7.80. The van der Waals surface area contributed by atoms with Crippen molar-refractivity contribution in [3.63, 3.8) is 0 Å². The molecule has 1 amide bonds. The zero-order valence-electron chi connectivity index (χ0n) is 16.2. The number of carbonyl (C=O) groups is 2. The largest absolute Gasteiger partial charge is 0.481 e. The van der Waals surface area contributed by atoms with Gasteiger partial charge in [-0.3, -0.25) is 14.5 Å². The number of fused-ring (bicyclic) bond motifs is 1. The summed E-state index contributed by atoms with van der Waals surface area (Å²) in [4.78, 5) is 26.2. The van der Waals surface area contributed by atoms with Gasteiger partial charge in [-0.25, -0.2) is 0 Å². The fraction of sp³-hybridized carbons (Fsp3) is 0.455. The summed E-state index contributed by atoms with van der Waals surface area (Å²) in [5.74, 6) is -0.970. The van der Waals surface area contributed by atoms with Crippen LogP contribution in [0, 0.1) is 11.8 Å². The molecule has 5 heteroatoms. The molecule has 1 fully saturated rings. The quantitative estimate of drug-likeness (QED) is 0.848. The first-order valence-corrected chi connectivity index (χ1v) is 9.61. The molecule has 0 spiro atoms. The van der Waals surface area contributed by atoms with Gasteiger partial charge in [-0.2, -0.15) is 0 Å². The molecule has 144 valence electrons. The Morgan fingerprint density at radius 1 is 1.11 bits per heavy atom. The minimum atomic E-state index is -0.775. The molecule has 0 aliphatic carbocycles. The van der Waals surface area contributed by atoms with Gasteiger partial charge in [0.1, 0.15) is 0 Å². The van der Waals surface area contributed by atoms with Crippen molar-refractivity contribution in [3.05, 3.63) is 48.0 Å². The molecule has 27 heavy (non-hydrogen) atoms. The predicted molar refractivity (Wildman–Crippen MR) is 106 cm³/mol. The number of carbonyl (C=O) groups excluding carboxylic acids is 1. The Morgan fingerprint density at radius 2 is 1.81 bits per heavy atom. The summed E-state index contributed by atoms with van der Waals surface area (Å²) in [6.07, 6.45) is 0.673. The summed E-state index contributed by atoms with van der Waals surface area (Å²) in [5, 5.41) is 14.8. The second-order valence-corrected chi connectivity index (χ2v) is 7.80. The fourth-order valence-corrected chi connectivity index (χ4v) is 4.09. The highest BCUT2D eigenvalue weighted by atomic mass is 16.4. The Hall–Kier alpha value is -2.40. The number of nitrogens with zero attached hydrogens (tertiary/aromatic N) is 1. The maximum Gasteiger partial charge on any atom is 0.307 e. The smallest absolute Gasteiger partial charge is 0.307 e. The normalized spacial score (nSPS) is 22.9. The van der Waals surface area contributed by atoms with Crippen LogP contribution in [0.25, 0.3) is 10.8 Å². The average molecular weight is 368 g/mol. The van der Waals surface area contributed by atoms with E-state index in [9.17, 15) is 14.7 Å². The molecule has 3 rings (SSSR count). The van der Waals surface area contributed by atoms with Crippen LogP contribution in [-0.4, -0.2) is 41.0 Å². The highest BCUT2D eigenvalue weighted by Gasteiger charge is 2.34. The van der Waals surface area contributed by atoms with Crippen molar-refractivity contribution in [1.29, 1.82) is 0 Å². The average Bonchev–Trinajstić information content (AvgIpc) is 2.66. The van der Waals surface area contributed by atoms with Crippen LogP contribution in [0.1, 0.15) is 38.8 Å². The van der Waals surface area contributed by atoms with E-state index in [4.69, 9.17) is 0 Å². The lowest BCUT2D eigenvalue weighted by molar-refractivity contribution is -0.146. The number of rotatable bonds is 5. The number of carboxylic acids is 1. The zero-order valence-corrected chi connectivity index (χ0v) is 16.2. The van der Waals surface area contributed by atoms with E-state index >= 15 is 0 Å². The van der Waals surface area contributed by atoms with Gasteiger partial charge in [0, 0.05) is 13.1 Å². The molecule has 1 heterocycles. The number of hydrogen-bond donors (Lipinski definition) is 2. The molecule has 4 atom stereocenters. The Balaban J connectivity index is 1.71. The van der Waals surface area contributed by atoms with Gasteiger partial charge in [0.25, 0.3) is 0 Å². The van der Waals surface area contributed by atoms with E-state index in [0.717, 1.165) is 22.9 Å². The molecule has 2 aromatic carbocycles. The number of carboxylic acid groups (broad SMARTS) is 1. The number of amides is 1. The third-order valence-corrected chi connectivity index (χ3v) is 5.61. The van der Waals surface area contributed by atoms with Crippen LogP contribution in [0.3, 0.4) is 0 Å². The Morgan fingerprint density at radius 3 is 2.56 bits per heavy atom. The van der Waals surface area contributed by atoms with Gasteiger partial charge in [-0.1, -0.05) is 49.4 Å². The number of piperidine rings is 1. The molecule has 1 saturated heterocycles. The Labute approximate surface area is 160 Å². The second kappa shape index (κ2) is 8.09. The molecule has 1 aliphatic rings. The molecule has 0 radical (unpaired) electrons. The molecule has 1 aliphatic heterocycles. The van der Waals surface area contributed by atoms with E-state index in [-0.39, 0.29) is 23.9 Å². The van der Waals surface area contributed by atoms with Gasteiger partial charge in [0.05, 0.1) is 18.0 Å². The van der Waals surface area contributed by atoms with Crippen molar-refractivity contribution in [1.82, 2.24) is 10.2 Å². The lowest BCUT2D eigenvalue weighted by Crippen LogP contribution is -2.52.